The molecule has 3 nitrogen and oxygen atoms in total. The highest BCUT2D eigenvalue weighted by atomic mass is 19.1. The van der Waals surface area contributed by atoms with E-state index in [0.29, 0.717) is 19.8 Å². The maximum atomic E-state index is 13.0. The topological polar surface area (TPSA) is 30.5 Å². The molecule has 114 valence electrons. The monoisotopic (exact) mass is 283 g/mol. The molecule has 0 aliphatic heterocycles. The van der Waals surface area contributed by atoms with Crippen molar-refractivity contribution >= 4 is 0 Å². The minimum atomic E-state index is -0.226. The number of ether oxygens (including phenoxy) is 2. The van der Waals surface area contributed by atoms with Gasteiger partial charge in [-0.3, -0.25) is 0 Å². The lowest BCUT2D eigenvalue weighted by atomic mass is 10.1. The first kappa shape index (κ1) is 17.1. The average molecular weight is 283 g/mol. The van der Waals surface area contributed by atoms with Gasteiger partial charge in [0.05, 0.1) is 6.10 Å². The van der Waals surface area contributed by atoms with Crippen LogP contribution in [0.3, 0.4) is 0 Å². The predicted octanol–water partition coefficient (Wildman–Crippen LogP) is 3.31. The summed E-state index contributed by atoms with van der Waals surface area (Å²) in [7, 11) is 1.68. The molecule has 0 aliphatic carbocycles. The van der Waals surface area contributed by atoms with E-state index >= 15 is 0 Å². The molecule has 0 radical (unpaired) electrons. The van der Waals surface area contributed by atoms with E-state index in [1.807, 2.05) is 0 Å². The Bertz CT molecular complexity index is 373. The number of rotatable bonds is 8. The van der Waals surface area contributed by atoms with E-state index in [1.54, 1.807) is 19.2 Å². The zero-order valence-corrected chi connectivity index (χ0v) is 12.9. The third-order valence-electron chi connectivity index (χ3n) is 2.87. The van der Waals surface area contributed by atoms with Crippen LogP contribution in [0.15, 0.2) is 24.3 Å². The van der Waals surface area contributed by atoms with E-state index in [2.05, 4.69) is 26.1 Å². The number of benzene rings is 1. The molecule has 1 rings (SSSR count). The fraction of sp³-hybridized carbons (Fsp3) is 0.625. The highest BCUT2D eigenvalue weighted by Gasteiger charge is 2.16. The summed E-state index contributed by atoms with van der Waals surface area (Å²) in [5.74, 6) is -0.226. The summed E-state index contributed by atoms with van der Waals surface area (Å²) in [6, 6.07) is 6.50. The van der Waals surface area contributed by atoms with Crippen LogP contribution in [0.25, 0.3) is 0 Å². The lowest BCUT2D eigenvalue weighted by Crippen LogP contribution is -2.39. The lowest BCUT2D eigenvalue weighted by Gasteiger charge is -2.26. The first-order chi connectivity index (χ1) is 9.42. The fourth-order valence-electron chi connectivity index (χ4n) is 1.78. The standard InChI is InChI=1S/C16H26FNO2/c1-16(2,3)18-12-15(20-11-5-10-19-4)13-6-8-14(17)9-7-13/h6-9,15,18H,5,10-12H2,1-4H3. The summed E-state index contributed by atoms with van der Waals surface area (Å²) in [4.78, 5) is 0. The van der Waals surface area contributed by atoms with Crippen LogP contribution >= 0.6 is 0 Å². The summed E-state index contributed by atoms with van der Waals surface area (Å²) in [6.45, 7) is 8.34. The van der Waals surface area contributed by atoms with Crippen LogP contribution in [-0.2, 0) is 9.47 Å². The van der Waals surface area contributed by atoms with Gasteiger partial charge in [-0.2, -0.15) is 0 Å². The van der Waals surface area contributed by atoms with Crippen LogP contribution in [0.2, 0.25) is 0 Å². The van der Waals surface area contributed by atoms with E-state index in [0.717, 1.165) is 12.0 Å². The van der Waals surface area contributed by atoms with Gasteiger partial charge in [0.1, 0.15) is 5.82 Å². The van der Waals surface area contributed by atoms with Crippen LogP contribution in [0.1, 0.15) is 38.9 Å². The van der Waals surface area contributed by atoms with Crippen molar-refractivity contribution < 1.29 is 13.9 Å². The molecule has 0 aliphatic rings. The van der Waals surface area contributed by atoms with Crippen LogP contribution in [-0.4, -0.2) is 32.4 Å². The van der Waals surface area contributed by atoms with Crippen LogP contribution in [0.4, 0.5) is 4.39 Å². The molecule has 0 spiro atoms. The summed E-state index contributed by atoms with van der Waals surface area (Å²) in [6.07, 6.45) is 0.774. The fourth-order valence-corrected chi connectivity index (χ4v) is 1.78. The van der Waals surface area contributed by atoms with Crippen molar-refractivity contribution in [2.75, 3.05) is 26.9 Å². The molecule has 0 bridgehead atoms. The van der Waals surface area contributed by atoms with Gasteiger partial charge in [0, 0.05) is 32.4 Å². The number of nitrogens with one attached hydrogen (secondary N) is 1. The predicted molar refractivity (Wildman–Crippen MR) is 79.3 cm³/mol. The van der Waals surface area contributed by atoms with Gasteiger partial charge < -0.3 is 14.8 Å². The largest absolute Gasteiger partial charge is 0.385 e. The second-order valence-electron chi connectivity index (χ2n) is 5.89. The van der Waals surface area contributed by atoms with E-state index in [9.17, 15) is 4.39 Å². The number of methoxy groups -OCH3 is 1. The van der Waals surface area contributed by atoms with Crippen molar-refractivity contribution in [1.82, 2.24) is 5.32 Å². The van der Waals surface area contributed by atoms with Crippen molar-refractivity contribution in [3.05, 3.63) is 35.6 Å². The molecule has 0 fully saturated rings. The van der Waals surface area contributed by atoms with Gasteiger partial charge >= 0.3 is 0 Å². The Kier molecular flexibility index (Phi) is 7.13. The van der Waals surface area contributed by atoms with E-state index < -0.39 is 0 Å². The minimum Gasteiger partial charge on any atom is -0.385 e. The van der Waals surface area contributed by atoms with Gasteiger partial charge in [-0.05, 0) is 44.9 Å². The molecule has 1 N–H and O–H groups in total. The Morgan fingerprint density at radius 3 is 2.35 bits per heavy atom. The average Bonchev–Trinajstić information content (AvgIpc) is 2.38. The smallest absolute Gasteiger partial charge is 0.123 e. The molecule has 4 heteroatoms. The van der Waals surface area contributed by atoms with Crippen molar-refractivity contribution in [2.24, 2.45) is 0 Å². The molecule has 0 heterocycles. The molecular formula is C16H26FNO2. The Hall–Kier alpha value is -0.970. The van der Waals surface area contributed by atoms with Gasteiger partial charge in [0.2, 0.25) is 0 Å². The van der Waals surface area contributed by atoms with Crippen molar-refractivity contribution in [3.63, 3.8) is 0 Å². The second-order valence-corrected chi connectivity index (χ2v) is 5.89. The molecular weight excluding hydrogens is 257 g/mol. The second kappa shape index (κ2) is 8.35. The van der Waals surface area contributed by atoms with Gasteiger partial charge in [-0.25, -0.2) is 4.39 Å². The van der Waals surface area contributed by atoms with Gasteiger partial charge in [0.15, 0.2) is 0 Å². The third kappa shape index (κ3) is 6.98. The van der Waals surface area contributed by atoms with Gasteiger partial charge in [0.25, 0.3) is 0 Å². The number of halogens is 1. The Balaban J connectivity index is 2.60. The number of hydrogen-bond acceptors (Lipinski definition) is 3. The molecule has 0 aromatic heterocycles. The Morgan fingerprint density at radius 1 is 1.15 bits per heavy atom. The summed E-state index contributed by atoms with van der Waals surface area (Å²) in [5, 5.41) is 3.43. The summed E-state index contributed by atoms with van der Waals surface area (Å²) < 4.78 is 23.9. The van der Waals surface area contributed by atoms with Crippen molar-refractivity contribution in [2.45, 2.75) is 38.8 Å². The van der Waals surface area contributed by atoms with Crippen LogP contribution in [0, 0.1) is 5.82 Å². The molecule has 1 unspecified atom stereocenters. The summed E-state index contributed by atoms with van der Waals surface area (Å²) >= 11 is 0. The highest BCUT2D eigenvalue weighted by molar-refractivity contribution is 5.19. The molecule has 0 saturated heterocycles. The first-order valence-corrected chi connectivity index (χ1v) is 7.03. The van der Waals surface area contributed by atoms with Crippen molar-refractivity contribution in [1.29, 1.82) is 0 Å². The van der Waals surface area contributed by atoms with Crippen LogP contribution in [0.5, 0.6) is 0 Å². The zero-order chi connectivity index (χ0) is 15.0. The summed E-state index contributed by atoms with van der Waals surface area (Å²) in [5.41, 5.74) is 1.01. The normalized spacial score (nSPS) is 13.4. The molecule has 0 saturated carbocycles. The SMILES string of the molecule is COCCCOC(CNC(C)(C)C)c1ccc(F)cc1. The lowest BCUT2D eigenvalue weighted by molar-refractivity contribution is 0.0353. The minimum absolute atomic E-state index is 0.0220. The maximum Gasteiger partial charge on any atom is 0.123 e. The van der Waals surface area contributed by atoms with E-state index in [4.69, 9.17) is 9.47 Å². The van der Waals surface area contributed by atoms with Crippen molar-refractivity contribution in [3.8, 4) is 0 Å². The molecule has 0 amide bonds. The molecule has 1 aromatic carbocycles. The maximum absolute atomic E-state index is 13.0. The van der Waals surface area contributed by atoms with Gasteiger partial charge in [-0.15, -0.1) is 0 Å². The molecule has 20 heavy (non-hydrogen) atoms. The number of hydrogen-bond donors (Lipinski definition) is 1. The molecule has 1 atom stereocenters. The van der Waals surface area contributed by atoms with E-state index in [-0.39, 0.29) is 17.5 Å². The van der Waals surface area contributed by atoms with Gasteiger partial charge in [-0.1, -0.05) is 12.1 Å². The zero-order valence-electron chi connectivity index (χ0n) is 12.9. The molecule has 1 aromatic rings. The highest BCUT2D eigenvalue weighted by Crippen LogP contribution is 2.18. The quantitative estimate of drug-likeness (QED) is 0.743. The Morgan fingerprint density at radius 2 is 1.80 bits per heavy atom. The first-order valence-electron chi connectivity index (χ1n) is 7.03. The third-order valence-corrected chi connectivity index (χ3v) is 2.87. The Labute approximate surface area is 121 Å². The van der Waals surface area contributed by atoms with Crippen LogP contribution < -0.4 is 5.32 Å². The van der Waals surface area contributed by atoms with E-state index in [1.165, 1.54) is 12.1 Å².